The van der Waals surface area contributed by atoms with Gasteiger partial charge < -0.3 is 44.4 Å². The molecule has 0 rings (SSSR count). The largest absolute Gasteiger partial charge is 0.480 e. The Morgan fingerprint density at radius 3 is 2.03 bits per heavy atom. The van der Waals surface area contributed by atoms with Crippen LogP contribution in [0.5, 0.6) is 0 Å². The molecule has 13 N–H and O–H groups in total. The molecule has 0 radical (unpaired) electrons. The second kappa shape index (κ2) is 15.0. The molecule has 0 fully saturated rings. The van der Waals surface area contributed by atoms with Gasteiger partial charge in [0.2, 0.25) is 17.7 Å². The highest BCUT2D eigenvalue weighted by Gasteiger charge is 2.27. The SMILES string of the molecule is NCCCC[C@H](N)C(=O)N[C@@H](CCCN=C(N)N)C(=O)N[C@@H](CCC(N)=O)C(=O)O. The van der Waals surface area contributed by atoms with Crippen LogP contribution in [0, 0.1) is 0 Å². The lowest BCUT2D eigenvalue weighted by Gasteiger charge is -2.22. The molecule has 0 aliphatic rings. The highest BCUT2D eigenvalue weighted by Crippen LogP contribution is 2.05. The number of aliphatic imine (C=N–C) groups is 1. The van der Waals surface area contributed by atoms with Crippen molar-refractivity contribution in [3.05, 3.63) is 0 Å². The van der Waals surface area contributed by atoms with Crippen LogP contribution in [-0.2, 0) is 19.2 Å². The molecule has 0 aliphatic carbocycles. The number of unbranched alkanes of at least 4 members (excludes halogenated alkanes) is 1. The summed E-state index contributed by atoms with van der Waals surface area (Å²) in [6, 6.07) is -3.22. The quantitative estimate of drug-likeness (QED) is 0.0696. The Morgan fingerprint density at radius 2 is 1.50 bits per heavy atom. The van der Waals surface area contributed by atoms with Crippen LogP contribution in [0.2, 0.25) is 0 Å². The van der Waals surface area contributed by atoms with Crippen molar-refractivity contribution in [1.29, 1.82) is 0 Å². The monoisotopic (exact) mass is 430 g/mol. The molecule has 0 bridgehead atoms. The van der Waals surface area contributed by atoms with Gasteiger partial charge in [0.15, 0.2) is 5.96 Å². The van der Waals surface area contributed by atoms with E-state index in [0.717, 1.165) is 0 Å². The van der Waals surface area contributed by atoms with E-state index in [4.69, 9.17) is 28.7 Å². The summed E-state index contributed by atoms with van der Waals surface area (Å²) in [5.74, 6) is -3.40. The number of aliphatic carboxylic acids is 1. The number of hydrogen-bond acceptors (Lipinski definition) is 7. The maximum absolute atomic E-state index is 12.6. The highest BCUT2D eigenvalue weighted by atomic mass is 16.4. The molecule has 0 aromatic rings. The van der Waals surface area contributed by atoms with Gasteiger partial charge in [-0.3, -0.25) is 19.4 Å². The maximum Gasteiger partial charge on any atom is 0.326 e. The molecule has 0 saturated heterocycles. The zero-order chi connectivity index (χ0) is 23.1. The normalized spacial score (nSPS) is 13.5. The van der Waals surface area contributed by atoms with Gasteiger partial charge in [0.25, 0.3) is 0 Å². The van der Waals surface area contributed by atoms with Crippen molar-refractivity contribution in [3.63, 3.8) is 0 Å². The predicted molar refractivity (Wildman–Crippen MR) is 111 cm³/mol. The van der Waals surface area contributed by atoms with Crippen LogP contribution in [0.3, 0.4) is 0 Å². The fourth-order valence-electron chi connectivity index (χ4n) is 2.51. The van der Waals surface area contributed by atoms with Gasteiger partial charge in [-0.15, -0.1) is 0 Å². The number of rotatable bonds is 16. The minimum absolute atomic E-state index is 0.112. The van der Waals surface area contributed by atoms with Gasteiger partial charge in [-0.1, -0.05) is 6.42 Å². The van der Waals surface area contributed by atoms with Gasteiger partial charge in [0.1, 0.15) is 12.1 Å². The number of carboxylic acids is 1. The maximum atomic E-state index is 12.6. The predicted octanol–water partition coefficient (Wildman–Crippen LogP) is -3.18. The van der Waals surface area contributed by atoms with Crippen LogP contribution in [0.4, 0.5) is 0 Å². The molecule has 30 heavy (non-hydrogen) atoms. The Bertz CT molecular complexity index is 609. The van der Waals surface area contributed by atoms with Gasteiger partial charge in [0, 0.05) is 13.0 Å². The fraction of sp³-hybridized carbons (Fsp3) is 0.706. The summed E-state index contributed by atoms with van der Waals surface area (Å²) < 4.78 is 0. The van der Waals surface area contributed by atoms with E-state index < -0.39 is 41.8 Å². The van der Waals surface area contributed by atoms with Crippen molar-refractivity contribution < 1.29 is 24.3 Å². The van der Waals surface area contributed by atoms with E-state index >= 15 is 0 Å². The van der Waals surface area contributed by atoms with E-state index in [-0.39, 0.29) is 31.8 Å². The molecule has 13 heteroatoms. The molecular weight excluding hydrogens is 396 g/mol. The number of primary amides is 1. The second-order valence-corrected chi connectivity index (χ2v) is 6.81. The molecule has 0 saturated carbocycles. The zero-order valence-corrected chi connectivity index (χ0v) is 17.0. The lowest BCUT2D eigenvalue weighted by molar-refractivity contribution is -0.142. The van der Waals surface area contributed by atoms with Gasteiger partial charge in [-0.2, -0.15) is 0 Å². The lowest BCUT2D eigenvalue weighted by atomic mass is 10.1. The molecular formula is C17H34N8O5. The van der Waals surface area contributed by atoms with Gasteiger partial charge in [-0.05, 0) is 38.6 Å². The van der Waals surface area contributed by atoms with Crippen molar-refractivity contribution in [2.24, 2.45) is 33.7 Å². The first-order valence-corrected chi connectivity index (χ1v) is 9.71. The summed E-state index contributed by atoms with van der Waals surface area (Å²) in [4.78, 5) is 51.0. The first kappa shape index (κ1) is 27.1. The Hall–Kier alpha value is -2.93. The van der Waals surface area contributed by atoms with E-state index in [0.29, 0.717) is 32.2 Å². The van der Waals surface area contributed by atoms with Crippen molar-refractivity contribution in [2.45, 2.75) is 63.1 Å². The summed E-state index contributed by atoms with van der Waals surface area (Å²) in [5, 5.41) is 14.1. The number of carbonyl (C=O) groups is 4. The molecule has 13 nitrogen and oxygen atoms in total. The number of nitrogens with two attached hydrogens (primary N) is 5. The lowest BCUT2D eigenvalue weighted by Crippen LogP contribution is -2.54. The smallest absolute Gasteiger partial charge is 0.326 e. The van der Waals surface area contributed by atoms with Crippen LogP contribution < -0.4 is 39.3 Å². The van der Waals surface area contributed by atoms with E-state index in [2.05, 4.69) is 15.6 Å². The third-order valence-corrected chi connectivity index (χ3v) is 4.18. The van der Waals surface area contributed by atoms with E-state index in [1.807, 2.05) is 0 Å². The van der Waals surface area contributed by atoms with Crippen molar-refractivity contribution in [3.8, 4) is 0 Å². The van der Waals surface area contributed by atoms with Crippen molar-refractivity contribution in [2.75, 3.05) is 13.1 Å². The number of carbonyl (C=O) groups excluding carboxylic acids is 3. The molecule has 3 atom stereocenters. The summed E-state index contributed by atoms with van der Waals surface area (Å²) in [6.45, 7) is 0.695. The molecule has 0 unspecified atom stereocenters. The van der Waals surface area contributed by atoms with Crippen LogP contribution >= 0.6 is 0 Å². The van der Waals surface area contributed by atoms with Gasteiger partial charge in [-0.25, -0.2) is 4.79 Å². The minimum atomic E-state index is -1.33. The van der Waals surface area contributed by atoms with Crippen molar-refractivity contribution >= 4 is 29.7 Å². The Morgan fingerprint density at radius 1 is 0.867 bits per heavy atom. The number of amides is 3. The summed E-state index contributed by atoms with van der Waals surface area (Å²) in [5.41, 5.74) is 26.8. The van der Waals surface area contributed by atoms with Gasteiger partial charge in [0.05, 0.1) is 6.04 Å². The van der Waals surface area contributed by atoms with Crippen LogP contribution in [-0.4, -0.2) is 66.0 Å². The number of nitrogens with one attached hydrogen (secondary N) is 2. The molecule has 0 aliphatic heterocycles. The summed E-state index contributed by atoms with van der Waals surface area (Å²) in [7, 11) is 0. The van der Waals surface area contributed by atoms with Crippen LogP contribution in [0.15, 0.2) is 4.99 Å². The Balaban J connectivity index is 5.07. The molecule has 172 valence electrons. The minimum Gasteiger partial charge on any atom is -0.480 e. The van der Waals surface area contributed by atoms with E-state index in [1.165, 1.54) is 0 Å². The molecule has 0 aromatic heterocycles. The summed E-state index contributed by atoms with van der Waals surface area (Å²) >= 11 is 0. The number of carboxylic acid groups (broad SMARTS) is 1. The fourth-order valence-corrected chi connectivity index (χ4v) is 2.51. The molecule has 0 spiro atoms. The molecule has 3 amide bonds. The summed E-state index contributed by atoms with van der Waals surface area (Å²) in [6.07, 6.45) is 1.85. The molecule has 0 aromatic carbocycles. The standard InChI is InChI=1S/C17H34N8O5/c18-8-2-1-4-10(19)14(27)24-11(5-3-9-23-17(21)22)15(28)25-12(16(29)30)6-7-13(20)26/h10-12H,1-9,18-19H2,(H2,20,26)(H,24,27)(H,25,28)(H,29,30)(H4,21,22,23)/t10-,11-,12-/m0/s1. The third-order valence-electron chi connectivity index (χ3n) is 4.18. The van der Waals surface area contributed by atoms with Crippen LogP contribution in [0.1, 0.15) is 44.9 Å². The first-order valence-electron chi connectivity index (χ1n) is 9.71. The first-order chi connectivity index (χ1) is 14.1. The van der Waals surface area contributed by atoms with Crippen LogP contribution in [0.25, 0.3) is 0 Å². The third kappa shape index (κ3) is 12.5. The highest BCUT2D eigenvalue weighted by molar-refractivity contribution is 5.91. The average molecular weight is 431 g/mol. The second-order valence-electron chi connectivity index (χ2n) is 6.81. The topological polar surface area (TPSA) is 255 Å². The average Bonchev–Trinajstić information content (AvgIpc) is 2.66. The molecule has 0 heterocycles. The number of guanidine groups is 1. The zero-order valence-electron chi connectivity index (χ0n) is 17.0. The Kier molecular flexibility index (Phi) is 13.5. The van der Waals surface area contributed by atoms with Crippen molar-refractivity contribution in [1.82, 2.24) is 10.6 Å². The van der Waals surface area contributed by atoms with Gasteiger partial charge >= 0.3 is 5.97 Å². The number of nitrogens with zero attached hydrogens (tertiary/aromatic N) is 1. The Labute approximate surface area is 175 Å². The number of hydrogen-bond donors (Lipinski definition) is 8. The van der Waals surface area contributed by atoms with E-state index in [1.54, 1.807) is 0 Å². The van der Waals surface area contributed by atoms with E-state index in [9.17, 15) is 24.3 Å².